The summed E-state index contributed by atoms with van der Waals surface area (Å²) in [5.41, 5.74) is -0.182. The Labute approximate surface area is 120 Å². The van der Waals surface area contributed by atoms with E-state index in [9.17, 15) is 27.1 Å². The molecule has 0 amide bonds. The number of nitrogens with zero attached hydrogens (tertiary/aromatic N) is 1. The van der Waals surface area contributed by atoms with Gasteiger partial charge in [0.05, 0.1) is 16.1 Å². The van der Waals surface area contributed by atoms with E-state index < -0.39 is 24.3 Å². The molecule has 0 radical (unpaired) electrons. The minimum Gasteiger partial charge on any atom is -0.381 e. The zero-order valence-corrected chi connectivity index (χ0v) is 11.5. The van der Waals surface area contributed by atoms with E-state index in [1.54, 1.807) is 0 Å². The molecule has 2 aromatic rings. The molecule has 8 heteroatoms. The van der Waals surface area contributed by atoms with Crippen molar-refractivity contribution in [2.45, 2.75) is 25.6 Å². The highest BCUT2D eigenvalue weighted by Crippen LogP contribution is 2.35. The van der Waals surface area contributed by atoms with Crippen molar-refractivity contribution < 1.29 is 27.1 Å². The Morgan fingerprint density at radius 3 is 2.19 bits per heavy atom. The van der Waals surface area contributed by atoms with Crippen LogP contribution in [0.4, 0.5) is 22.0 Å². The van der Waals surface area contributed by atoms with Crippen molar-refractivity contribution in [3.05, 3.63) is 40.4 Å². The maximum atomic E-state index is 12.5. The molecule has 1 heterocycles. The fourth-order valence-corrected chi connectivity index (χ4v) is 2.78. The second-order valence-corrected chi connectivity index (χ2v) is 5.35. The van der Waals surface area contributed by atoms with E-state index in [0.29, 0.717) is 5.56 Å². The Morgan fingerprint density at radius 1 is 1.14 bits per heavy atom. The number of aromatic nitrogens is 1. The summed E-state index contributed by atoms with van der Waals surface area (Å²) in [7, 11) is 0. The molecule has 0 spiro atoms. The number of aryl methyl sites for hydroxylation is 1. The van der Waals surface area contributed by atoms with E-state index in [4.69, 9.17) is 0 Å². The Kier molecular flexibility index (Phi) is 4.29. The van der Waals surface area contributed by atoms with E-state index in [1.165, 1.54) is 19.1 Å². The summed E-state index contributed by atoms with van der Waals surface area (Å²) in [6.07, 6.45) is -9.32. The molecule has 0 bridgehead atoms. The zero-order chi connectivity index (χ0) is 15.8. The van der Waals surface area contributed by atoms with Gasteiger partial charge in [-0.3, -0.25) is 0 Å². The summed E-state index contributed by atoms with van der Waals surface area (Å²) >= 11 is 0.840. The van der Waals surface area contributed by atoms with Crippen molar-refractivity contribution in [2.24, 2.45) is 0 Å². The fraction of sp³-hybridized carbons (Fsp3) is 0.308. The summed E-state index contributed by atoms with van der Waals surface area (Å²) in [5, 5.41) is 9.65. The second kappa shape index (κ2) is 5.69. The average molecular weight is 323 g/mol. The molecule has 2 nitrogen and oxygen atoms in total. The van der Waals surface area contributed by atoms with Crippen LogP contribution < -0.4 is 0 Å². The molecule has 0 saturated carbocycles. The van der Waals surface area contributed by atoms with Crippen LogP contribution in [-0.2, 0) is 6.18 Å². The van der Waals surface area contributed by atoms with Crippen molar-refractivity contribution in [2.75, 3.05) is 0 Å². The highest BCUT2D eigenvalue weighted by molar-refractivity contribution is 7.15. The van der Waals surface area contributed by atoms with Gasteiger partial charge in [0, 0.05) is 5.56 Å². The van der Waals surface area contributed by atoms with Gasteiger partial charge in [-0.15, -0.1) is 11.3 Å². The van der Waals surface area contributed by atoms with Gasteiger partial charge in [-0.05, 0) is 19.1 Å². The van der Waals surface area contributed by atoms with Crippen LogP contribution >= 0.6 is 11.3 Å². The third-order valence-electron chi connectivity index (χ3n) is 2.80. The normalized spacial score (nSPS) is 13.7. The van der Waals surface area contributed by atoms with Crippen molar-refractivity contribution in [3.63, 3.8) is 0 Å². The molecule has 1 aromatic carbocycles. The summed E-state index contributed by atoms with van der Waals surface area (Å²) in [4.78, 5) is 4.03. The van der Waals surface area contributed by atoms with Crippen LogP contribution in [0.1, 0.15) is 22.2 Å². The minimum absolute atomic E-state index is 0.0138. The lowest BCUT2D eigenvalue weighted by Crippen LogP contribution is -2.07. The Hall–Kier alpha value is -1.54. The number of hydrogen-bond acceptors (Lipinski definition) is 3. The van der Waals surface area contributed by atoms with Gasteiger partial charge in [-0.1, -0.05) is 12.1 Å². The Morgan fingerprint density at radius 2 is 1.71 bits per heavy atom. The average Bonchev–Trinajstić information content (AvgIpc) is 2.79. The van der Waals surface area contributed by atoms with E-state index in [-0.39, 0.29) is 15.6 Å². The van der Waals surface area contributed by atoms with Crippen LogP contribution in [0.5, 0.6) is 0 Å². The molecule has 1 aromatic heterocycles. The molecule has 1 unspecified atom stereocenters. The number of halogens is 5. The lowest BCUT2D eigenvalue weighted by atomic mass is 10.1. The van der Waals surface area contributed by atoms with Crippen LogP contribution in [0, 0.1) is 6.92 Å². The molecule has 0 aliphatic carbocycles. The summed E-state index contributed by atoms with van der Waals surface area (Å²) in [6.45, 7) is 1.46. The smallest absolute Gasteiger partial charge is 0.381 e. The molecule has 0 aliphatic rings. The van der Waals surface area contributed by atoms with Gasteiger partial charge in [0.25, 0.3) is 6.43 Å². The number of alkyl halides is 5. The van der Waals surface area contributed by atoms with E-state index in [0.717, 1.165) is 23.5 Å². The molecule has 1 atom stereocenters. The highest BCUT2D eigenvalue weighted by atomic mass is 32.1. The minimum atomic E-state index is -4.44. The lowest BCUT2D eigenvalue weighted by molar-refractivity contribution is -0.137. The van der Waals surface area contributed by atoms with Crippen LogP contribution in [0.2, 0.25) is 0 Å². The molecule has 0 fully saturated rings. The van der Waals surface area contributed by atoms with Gasteiger partial charge in [-0.25, -0.2) is 13.8 Å². The standard InChI is InChI=1S/C13H10F5NOS/c1-6-10(9(20)11(14)15)21-12(19-6)7-2-4-8(5-3-7)13(16,17)18/h2-5,9,11,20H,1H3. The molecule has 0 aliphatic heterocycles. The lowest BCUT2D eigenvalue weighted by Gasteiger charge is -2.07. The second-order valence-electron chi connectivity index (χ2n) is 4.32. The first-order valence-electron chi connectivity index (χ1n) is 5.81. The molecule has 1 N–H and O–H groups in total. The summed E-state index contributed by atoms with van der Waals surface area (Å²) in [5.74, 6) is 0. The van der Waals surface area contributed by atoms with Crippen LogP contribution in [-0.4, -0.2) is 16.5 Å². The highest BCUT2D eigenvalue weighted by Gasteiger charge is 2.30. The maximum Gasteiger partial charge on any atom is 0.416 e. The first-order valence-corrected chi connectivity index (χ1v) is 6.63. The van der Waals surface area contributed by atoms with Gasteiger partial charge in [0.2, 0.25) is 0 Å². The number of aliphatic hydroxyl groups is 1. The van der Waals surface area contributed by atoms with Crippen molar-refractivity contribution >= 4 is 11.3 Å². The first kappa shape index (κ1) is 15.8. The molecular formula is C13H10F5NOS. The van der Waals surface area contributed by atoms with Crippen LogP contribution in [0.25, 0.3) is 10.6 Å². The maximum absolute atomic E-state index is 12.5. The first-order chi connectivity index (χ1) is 9.70. The molecule has 114 valence electrons. The third-order valence-corrected chi connectivity index (χ3v) is 4.08. The zero-order valence-electron chi connectivity index (χ0n) is 10.7. The largest absolute Gasteiger partial charge is 0.416 e. The predicted octanol–water partition coefficient (Wildman–Crippen LogP) is 4.44. The molecular weight excluding hydrogens is 313 g/mol. The van der Waals surface area contributed by atoms with Crippen molar-refractivity contribution in [1.29, 1.82) is 0 Å². The van der Waals surface area contributed by atoms with Gasteiger partial charge in [0.15, 0.2) is 6.10 Å². The van der Waals surface area contributed by atoms with E-state index >= 15 is 0 Å². The quantitative estimate of drug-likeness (QED) is 0.847. The van der Waals surface area contributed by atoms with Crippen LogP contribution in [0.3, 0.4) is 0 Å². The van der Waals surface area contributed by atoms with Crippen molar-refractivity contribution in [3.8, 4) is 10.6 Å². The number of aliphatic hydroxyl groups excluding tert-OH is 1. The van der Waals surface area contributed by atoms with Gasteiger partial charge in [0.1, 0.15) is 5.01 Å². The fourth-order valence-electron chi connectivity index (χ4n) is 1.72. The third kappa shape index (κ3) is 3.38. The predicted molar refractivity (Wildman–Crippen MR) is 68.3 cm³/mol. The van der Waals surface area contributed by atoms with Gasteiger partial charge < -0.3 is 5.11 Å². The Balaban J connectivity index is 2.33. The Bertz CT molecular complexity index is 620. The topological polar surface area (TPSA) is 33.1 Å². The summed E-state index contributed by atoms with van der Waals surface area (Å²) in [6, 6.07) is 4.24. The summed E-state index contributed by atoms with van der Waals surface area (Å²) < 4.78 is 62.4. The SMILES string of the molecule is Cc1nc(-c2ccc(C(F)(F)F)cc2)sc1C(O)C(F)F. The number of benzene rings is 1. The molecule has 2 rings (SSSR count). The molecule has 0 saturated heterocycles. The monoisotopic (exact) mass is 323 g/mol. The van der Waals surface area contributed by atoms with E-state index in [2.05, 4.69) is 4.98 Å². The van der Waals surface area contributed by atoms with Gasteiger partial charge >= 0.3 is 6.18 Å². The number of rotatable bonds is 3. The molecule has 21 heavy (non-hydrogen) atoms. The number of thiazole rings is 1. The van der Waals surface area contributed by atoms with Crippen molar-refractivity contribution in [1.82, 2.24) is 4.98 Å². The van der Waals surface area contributed by atoms with Gasteiger partial charge in [-0.2, -0.15) is 13.2 Å². The number of hydrogen-bond donors (Lipinski definition) is 1. The van der Waals surface area contributed by atoms with Crippen LogP contribution in [0.15, 0.2) is 24.3 Å². The van der Waals surface area contributed by atoms with E-state index in [1.807, 2.05) is 0 Å².